The second-order valence-electron chi connectivity index (χ2n) is 9.94. The summed E-state index contributed by atoms with van der Waals surface area (Å²) in [4.78, 5) is 21.0. The SMILES string of the molecule is O=C(CC12CC3CC(CC(C3)C1)C2)Nc1ccc(Cl)c(-c2nc3ccccc3[nH]2)c1. The smallest absolute Gasteiger partial charge is 0.224 e. The Hall–Kier alpha value is -2.33. The van der Waals surface area contributed by atoms with Gasteiger partial charge in [0.15, 0.2) is 0 Å². The lowest BCUT2D eigenvalue weighted by molar-refractivity contribution is -0.124. The van der Waals surface area contributed by atoms with Gasteiger partial charge in [-0.1, -0.05) is 23.7 Å². The maximum absolute atomic E-state index is 13.0. The van der Waals surface area contributed by atoms with Crippen LogP contribution in [0.5, 0.6) is 0 Å². The molecule has 1 heterocycles. The Kier molecular flexibility index (Phi) is 4.21. The van der Waals surface area contributed by atoms with Crippen LogP contribution in [0.15, 0.2) is 42.5 Å². The van der Waals surface area contributed by atoms with E-state index >= 15 is 0 Å². The lowest BCUT2D eigenvalue weighted by Gasteiger charge is -2.56. The Bertz CT molecular complexity index is 1070. The van der Waals surface area contributed by atoms with E-state index in [4.69, 9.17) is 11.6 Å². The number of fused-ring (bicyclic) bond motifs is 1. The van der Waals surface area contributed by atoms with E-state index in [1.54, 1.807) is 0 Å². The van der Waals surface area contributed by atoms with E-state index in [1.165, 1.54) is 38.5 Å². The van der Waals surface area contributed by atoms with Crippen LogP contribution in [-0.4, -0.2) is 15.9 Å². The minimum absolute atomic E-state index is 0.134. The topological polar surface area (TPSA) is 57.8 Å². The van der Waals surface area contributed by atoms with Crippen LogP contribution in [0.3, 0.4) is 0 Å². The van der Waals surface area contributed by atoms with Gasteiger partial charge in [-0.05, 0) is 92.0 Å². The number of amides is 1. The van der Waals surface area contributed by atoms with Crippen LogP contribution < -0.4 is 5.32 Å². The fourth-order valence-corrected chi connectivity index (χ4v) is 7.12. The molecule has 4 nitrogen and oxygen atoms in total. The van der Waals surface area contributed by atoms with Gasteiger partial charge >= 0.3 is 0 Å². The van der Waals surface area contributed by atoms with Gasteiger partial charge in [-0.15, -0.1) is 0 Å². The molecule has 2 aromatic carbocycles. The lowest BCUT2D eigenvalue weighted by Crippen LogP contribution is -2.47. The molecule has 4 aliphatic carbocycles. The fourth-order valence-electron chi connectivity index (χ4n) is 6.92. The number of hydrogen-bond acceptors (Lipinski definition) is 2. The third-order valence-corrected chi connectivity index (χ3v) is 7.92. The first kappa shape index (κ1) is 18.4. The van der Waals surface area contributed by atoms with Gasteiger partial charge in [0.25, 0.3) is 0 Å². The average molecular weight is 420 g/mol. The fraction of sp³-hybridized carbons (Fsp3) is 0.440. The average Bonchev–Trinajstić information content (AvgIpc) is 3.12. The summed E-state index contributed by atoms with van der Waals surface area (Å²) in [5, 5.41) is 3.77. The van der Waals surface area contributed by atoms with Crippen LogP contribution in [0, 0.1) is 23.2 Å². The zero-order valence-electron chi connectivity index (χ0n) is 17.0. The minimum Gasteiger partial charge on any atom is -0.338 e. The van der Waals surface area contributed by atoms with Crippen molar-refractivity contribution >= 4 is 34.2 Å². The predicted molar refractivity (Wildman–Crippen MR) is 120 cm³/mol. The Labute approximate surface area is 181 Å². The first-order valence-corrected chi connectivity index (χ1v) is 11.5. The molecule has 4 saturated carbocycles. The number of H-pyrrole nitrogens is 1. The molecule has 0 saturated heterocycles. The summed E-state index contributed by atoms with van der Waals surface area (Å²) in [6.07, 6.45) is 8.60. The number of carbonyl (C=O) groups is 1. The van der Waals surface area contributed by atoms with Gasteiger partial charge < -0.3 is 10.3 Å². The number of halogens is 1. The first-order chi connectivity index (χ1) is 14.6. The van der Waals surface area contributed by atoms with Crippen molar-refractivity contribution in [3.8, 4) is 11.4 Å². The van der Waals surface area contributed by atoms with Gasteiger partial charge in [0, 0.05) is 17.7 Å². The van der Waals surface area contributed by atoms with Gasteiger partial charge in [-0.3, -0.25) is 4.79 Å². The van der Waals surface area contributed by atoms with Crippen LogP contribution in [0.1, 0.15) is 44.9 Å². The predicted octanol–water partition coefficient (Wildman–Crippen LogP) is 6.43. The van der Waals surface area contributed by atoms with Crippen LogP contribution in [-0.2, 0) is 4.79 Å². The Morgan fingerprint density at radius 1 is 1.07 bits per heavy atom. The van der Waals surface area contributed by atoms with Gasteiger partial charge in [0.05, 0.1) is 16.1 Å². The summed E-state index contributed by atoms with van der Waals surface area (Å²) in [5.41, 5.74) is 3.71. The molecule has 0 atom stereocenters. The molecule has 3 aromatic rings. The first-order valence-electron chi connectivity index (χ1n) is 11.1. The standard InChI is InChI=1S/C25H26ClN3O/c26-20-6-5-18(10-19(20)24-28-21-3-1-2-4-22(21)29-24)27-23(30)14-25-11-15-7-16(12-25)9-17(8-15)13-25/h1-6,10,15-17H,7-9,11-14H2,(H,27,30)(H,28,29). The number of nitrogens with one attached hydrogen (secondary N) is 2. The summed E-state index contributed by atoms with van der Waals surface area (Å²) >= 11 is 6.47. The Balaban J connectivity index is 1.22. The van der Waals surface area contributed by atoms with Crippen LogP contribution in [0.2, 0.25) is 5.02 Å². The van der Waals surface area contributed by atoms with Crippen LogP contribution >= 0.6 is 11.6 Å². The Morgan fingerprint density at radius 2 is 1.77 bits per heavy atom. The molecule has 4 aliphatic rings. The highest BCUT2D eigenvalue weighted by atomic mass is 35.5. The number of aromatic nitrogens is 2. The molecule has 5 heteroatoms. The van der Waals surface area contributed by atoms with E-state index in [0.717, 1.165) is 45.9 Å². The number of hydrogen-bond donors (Lipinski definition) is 2. The molecule has 30 heavy (non-hydrogen) atoms. The van der Waals surface area contributed by atoms with Crippen molar-refractivity contribution in [3.05, 3.63) is 47.5 Å². The van der Waals surface area contributed by atoms with E-state index in [0.29, 0.717) is 11.4 Å². The summed E-state index contributed by atoms with van der Waals surface area (Å²) < 4.78 is 0. The highest BCUT2D eigenvalue weighted by molar-refractivity contribution is 6.33. The molecule has 2 N–H and O–H groups in total. The zero-order chi connectivity index (χ0) is 20.3. The summed E-state index contributed by atoms with van der Waals surface area (Å²) in [7, 11) is 0. The van der Waals surface area contributed by atoms with E-state index in [1.807, 2.05) is 42.5 Å². The van der Waals surface area contributed by atoms with Crippen LogP contribution in [0.4, 0.5) is 5.69 Å². The number of aromatic amines is 1. The molecule has 1 aromatic heterocycles. The Morgan fingerprint density at radius 3 is 2.47 bits per heavy atom. The van der Waals surface area contributed by atoms with Crippen molar-refractivity contribution in [2.45, 2.75) is 44.9 Å². The molecular weight excluding hydrogens is 394 g/mol. The van der Waals surface area contributed by atoms with E-state index in [9.17, 15) is 4.79 Å². The molecule has 0 spiro atoms. The molecule has 4 bridgehead atoms. The second-order valence-corrected chi connectivity index (χ2v) is 10.3. The van der Waals surface area contributed by atoms with E-state index in [2.05, 4.69) is 15.3 Å². The van der Waals surface area contributed by atoms with Crippen molar-refractivity contribution in [3.63, 3.8) is 0 Å². The number of para-hydroxylation sites is 2. The molecule has 7 rings (SSSR count). The number of rotatable bonds is 4. The van der Waals surface area contributed by atoms with Gasteiger partial charge in [-0.25, -0.2) is 4.98 Å². The largest absolute Gasteiger partial charge is 0.338 e. The number of nitrogens with zero attached hydrogens (tertiary/aromatic N) is 1. The van der Waals surface area contributed by atoms with Crippen LogP contribution in [0.25, 0.3) is 22.4 Å². The third-order valence-electron chi connectivity index (χ3n) is 7.60. The normalized spacial score (nSPS) is 29.4. The summed E-state index contributed by atoms with van der Waals surface area (Å²) in [6.45, 7) is 0. The minimum atomic E-state index is 0.134. The molecule has 0 aliphatic heterocycles. The van der Waals surface area contributed by atoms with Gasteiger partial charge in [0.1, 0.15) is 5.82 Å². The monoisotopic (exact) mass is 419 g/mol. The van der Waals surface area contributed by atoms with Crippen molar-refractivity contribution in [2.24, 2.45) is 23.2 Å². The van der Waals surface area contributed by atoms with Gasteiger partial charge in [0.2, 0.25) is 5.91 Å². The zero-order valence-corrected chi connectivity index (χ0v) is 17.7. The number of benzene rings is 2. The third kappa shape index (κ3) is 3.22. The molecule has 154 valence electrons. The molecule has 1 amide bonds. The number of imidazole rings is 1. The maximum atomic E-state index is 13.0. The van der Waals surface area contributed by atoms with E-state index < -0.39 is 0 Å². The highest BCUT2D eigenvalue weighted by Crippen LogP contribution is 2.61. The maximum Gasteiger partial charge on any atom is 0.224 e. The highest BCUT2D eigenvalue weighted by Gasteiger charge is 2.51. The number of anilines is 1. The second kappa shape index (κ2) is 6.84. The molecular formula is C25H26ClN3O. The number of carbonyl (C=O) groups excluding carboxylic acids is 1. The molecule has 0 unspecified atom stereocenters. The lowest BCUT2D eigenvalue weighted by atomic mass is 9.49. The van der Waals surface area contributed by atoms with E-state index in [-0.39, 0.29) is 11.3 Å². The van der Waals surface area contributed by atoms with Gasteiger partial charge in [-0.2, -0.15) is 0 Å². The van der Waals surface area contributed by atoms with Crippen molar-refractivity contribution in [2.75, 3.05) is 5.32 Å². The quantitative estimate of drug-likeness (QED) is 0.512. The summed E-state index contributed by atoms with van der Waals surface area (Å²) in [5.74, 6) is 3.44. The van der Waals surface area contributed by atoms with Crippen molar-refractivity contribution in [1.29, 1.82) is 0 Å². The summed E-state index contributed by atoms with van der Waals surface area (Å²) in [6, 6.07) is 13.6. The molecule has 4 fully saturated rings. The van der Waals surface area contributed by atoms with Crippen molar-refractivity contribution < 1.29 is 4.79 Å². The van der Waals surface area contributed by atoms with Crippen molar-refractivity contribution in [1.82, 2.24) is 9.97 Å². The molecule has 0 radical (unpaired) electrons.